The van der Waals surface area contributed by atoms with Crippen LogP contribution in [-0.4, -0.2) is 83.1 Å². The molecule has 1 amide bonds. The van der Waals surface area contributed by atoms with Crippen LogP contribution in [0.25, 0.3) is 0 Å². The van der Waals surface area contributed by atoms with Gasteiger partial charge in [-0.05, 0) is 44.1 Å². The first-order valence-electron chi connectivity index (χ1n) is 11.2. The number of nitrogens with zero attached hydrogens (tertiary/aromatic N) is 2. The van der Waals surface area contributed by atoms with Gasteiger partial charge >= 0.3 is 6.09 Å². The summed E-state index contributed by atoms with van der Waals surface area (Å²) in [5.74, 6) is 0. The molecule has 1 aliphatic carbocycles. The summed E-state index contributed by atoms with van der Waals surface area (Å²) in [5, 5.41) is 16.5. The van der Waals surface area contributed by atoms with Gasteiger partial charge in [-0.25, -0.2) is 4.79 Å². The molecule has 8 heteroatoms. The number of benzene rings is 1. The van der Waals surface area contributed by atoms with Crippen molar-refractivity contribution >= 4 is 12.6 Å². The number of aliphatic hydroxyl groups is 1. The van der Waals surface area contributed by atoms with Crippen LogP contribution in [0.2, 0.25) is 0 Å². The number of carboxylic acid groups (broad SMARTS) is 1. The highest BCUT2D eigenvalue weighted by Gasteiger charge is 2.37. The third-order valence-electron chi connectivity index (χ3n) is 6.38. The average molecular weight is 435 g/mol. The molecule has 1 saturated carbocycles. The Bertz CT molecular complexity index is 666. The van der Waals surface area contributed by atoms with Crippen LogP contribution in [0, 0.1) is 0 Å². The van der Waals surface area contributed by atoms with Crippen LogP contribution in [0.3, 0.4) is 0 Å². The molecule has 2 N–H and O–H groups in total. The van der Waals surface area contributed by atoms with E-state index in [-0.39, 0.29) is 24.8 Å². The zero-order valence-electron chi connectivity index (χ0n) is 18.0. The quantitative estimate of drug-likeness (QED) is 0.687. The van der Waals surface area contributed by atoms with Gasteiger partial charge in [0.2, 0.25) is 0 Å². The van der Waals surface area contributed by atoms with Crippen LogP contribution in [0.4, 0.5) is 4.79 Å². The van der Waals surface area contributed by atoms with Crippen molar-refractivity contribution in [1.82, 2.24) is 9.80 Å². The summed E-state index contributed by atoms with van der Waals surface area (Å²) < 4.78 is 11.7. The Morgan fingerprint density at radius 2 is 1.61 bits per heavy atom. The monoisotopic (exact) mass is 434 g/mol. The van der Waals surface area contributed by atoms with Crippen molar-refractivity contribution < 1.29 is 29.3 Å². The maximum atomic E-state index is 12.2. The van der Waals surface area contributed by atoms with E-state index in [0.29, 0.717) is 31.8 Å². The molecule has 2 aliphatic heterocycles. The van der Waals surface area contributed by atoms with Crippen molar-refractivity contribution in [2.24, 2.45) is 0 Å². The lowest BCUT2D eigenvalue weighted by molar-refractivity contribution is -0.122. The largest absolute Gasteiger partial charge is 0.483 e. The third kappa shape index (κ3) is 7.19. The van der Waals surface area contributed by atoms with E-state index in [1.54, 1.807) is 4.90 Å². The zero-order valence-corrected chi connectivity index (χ0v) is 18.0. The second-order valence-electron chi connectivity index (χ2n) is 8.48. The Kier molecular flexibility index (Phi) is 9.12. The first-order chi connectivity index (χ1) is 15.1. The number of hydrogen-bond acceptors (Lipinski definition) is 6. The van der Waals surface area contributed by atoms with Gasteiger partial charge in [0.25, 0.3) is 6.47 Å². The molecular formula is C23H34N2O6. The second-order valence-corrected chi connectivity index (χ2v) is 8.48. The van der Waals surface area contributed by atoms with Crippen molar-refractivity contribution in [3.05, 3.63) is 35.9 Å². The molecule has 0 spiro atoms. The lowest BCUT2D eigenvalue weighted by Gasteiger charge is -2.46. The van der Waals surface area contributed by atoms with Gasteiger partial charge in [-0.1, -0.05) is 30.3 Å². The van der Waals surface area contributed by atoms with E-state index in [2.05, 4.69) is 4.90 Å². The van der Waals surface area contributed by atoms with Crippen molar-refractivity contribution in [1.29, 1.82) is 0 Å². The van der Waals surface area contributed by atoms with Crippen LogP contribution in [0.1, 0.15) is 44.1 Å². The normalized spacial score (nSPS) is 25.1. The fourth-order valence-corrected chi connectivity index (χ4v) is 4.46. The Morgan fingerprint density at radius 1 is 1.00 bits per heavy atom. The number of amides is 1. The summed E-state index contributed by atoms with van der Waals surface area (Å²) >= 11 is 0. The van der Waals surface area contributed by atoms with Crippen LogP contribution < -0.4 is 0 Å². The van der Waals surface area contributed by atoms with E-state index in [4.69, 9.17) is 19.4 Å². The fraction of sp³-hybridized carbons (Fsp3) is 0.652. The van der Waals surface area contributed by atoms with Crippen LogP contribution >= 0.6 is 0 Å². The number of carbonyl (C=O) groups excluding carboxylic acids is 1. The van der Waals surface area contributed by atoms with Gasteiger partial charge in [0.1, 0.15) is 6.61 Å². The molecule has 2 saturated heterocycles. The highest BCUT2D eigenvalue weighted by molar-refractivity contribution is 5.67. The van der Waals surface area contributed by atoms with Crippen LogP contribution in [0.5, 0.6) is 0 Å². The lowest BCUT2D eigenvalue weighted by Crippen LogP contribution is -2.52. The van der Waals surface area contributed by atoms with Gasteiger partial charge in [0, 0.05) is 32.2 Å². The molecule has 0 aromatic heterocycles. The van der Waals surface area contributed by atoms with E-state index in [1.807, 2.05) is 30.3 Å². The first-order valence-corrected chi connectivity index (χ1v) is 11.2. The van der Waals surface area contributed by atoms with Gasteiger partial charge in [0.05, 0.1) is 18.3 Å². The maximum absolute atomic E-state index is 12.2. The predicted octanol–water partition coefficient (Wildman–Crippen LogP) is 2.49. The highest BCUT2D eigenvalue weighted by Crippen LogP contribution is 2.32. The zero-order chi connectivity index (χ0) is 22.1. The molecule has 0 unspecified atom stereocenters. The summed E-state index contributed by atoms with van der Waals surface area (Å²) in [6.45, 7) is 3.52. The number of piperidine rings is 2. The van der Waals surface area contributed by atoms with Crippen molar-refractivity contribution in [3.63, 3.8) is 0 Å². The molecule has 8 nitrogen and oxygen atoms in total. The molecule has 0 atom stereocenters. The van der Waals surface area contributed by atoms with Gasteiger partial charge in [-0.15, -0.1) is 0 Å². The SMILES string of the molecule is O=C(OCc1ccccc1)N1CCC(OC2CC(N3CCC(O)CC3)C2)CC1.O=CO. The summed E-state index contributed by atoms with van der Waals surface area (Å²) in [5.41, 5.74) is 1.01. The van der Waals surface area contributed by atoms with Crippen molar-refractivity contribution in [3.8, 4) is 0 Å². The molecule has 0 bridgehead atoms. The highest BCUT2D eigenvalue weighted by atomic mass is 16.6. The van der Waals surface area contributed by atoms with E-state index in [1.165, 1.54) is 0 Å². The minimum atomic E-state index is -0.250. The van der Waals surface area contributed by atoms with Crippen LogP contribution in [0.15, 0.2) is 30.3 Å². The fourth-order valence-electron chi connectivity index (χ4n) is 4.46. The first kappa shape index (κ1) is 23.5. The number of ether oxygens (including phenoxy) is 2. The lowest BCUT2D eigenvalue weighted by atomic mass is 9.86. The van der Waals surface area contributed by atoms with Gasteiger partial charge in [0.15, 0.2) is 0 Å². The number of aliphatic hydroxyl groups excluding tert-OH is 1. The van der Waals surface area contributed by atoms with Crippen molar-refractivity contribution in [2.45, 2.75) is 69.5 Å². The molecule has 4 rings (SSSR count). The molecule has 31 heavy (non-hydrogen) atoms. The summed E-state index contributed by atoms with van der Waals surface area (Å²) in [4.78, 5) is 24.9. The average Bonchev–Trinajstić information content (AvgIpc) is 2.77. The van der Waals surface area contributed by atoms with Gasteiger partial charge in [-0.2, -0.15) is 0 Å². The minimum absolute atomic E-state index is 0.104. The van der Waals surface area contributed by atoms with E-state index in [9.17, 15) is 9.90 Å². The molecule has 1 aromatic carbocycles. The molecule has 3 aliphatic rings. The number of hydrogen-bond donors (Lipinski definition) is 2. The van der Waals surface area contributed by atoms with E-state index in [0.717, 1.165) is 57.2 Å². The van der Waals surface area contributed by atoms with E-state index < -0.39 is 0 Å². The number of carbonyl (C=O) groups is 2. The van der Waals surface area contributed by atoms with Gasteiger partial charge < -0.3 is 24.6 Å². The topological polar surface area (TPSA) is 99.5 Å². The standard InChI is InChI=1S/C22H32N2O4.CH2O2/c25-19-6-10-23(11-7-19)18-14-21(15-18)28-20-8-12-24(13-9-20)22(26)27-16-17-4-2-1-3-5-17;2-1-3/h1-5,18-21,25H,6-16H2;1H,(H,2,3). The Balaban J connectivity index is 0.000000858. The Labute approximate surface area is 183 Å². The molecule has 0 radical (unpaired) electrons. The predicted molar refractivity (Wildman–Crippen MR) is 115 cm³/mol. The van der Waals surface area contributed by atoms with Gasteiger partial charge in [-0.3, -0.25) is 9.69 Å². The third-order valence-corrected chi connectivity index (χ3v) is 6.38. The molecule has 2 heterocycles. The molecule has 172 valence electrons. The second kappa shape index (κ2) is 12.0. The minimum Gasteiger partial charge on any atom is -0.483 e. The summed E-state index contributed by atoms with van der Waals surface area (Å²) in [7, 11) is 0. The molecular weight excluding hydrogens is 400 g/mol. The summed E-state index contributed by atoms with van der Waals surface area (Å²) in [6.07, 6.45) is 6.08. The smallest absolute Gasteiger partial charge is 0.410 e. The number of rotatable bonds is 5. The molecule has 3 fully saturated rings. The Morgan fingerprint density at radius 3 is 2.23 bits per heavy atom. The Hall–Kier alpha value is -2.16. The van der Waals surface area contributed by atoms with Crippen LogP contribution in [-0.2, 0) is 20.9 Å². The molecule has 1 aromatic rings. The number of likely N-dealkylation sites (tertiary alicyclic amines) is 2. The maximum Gasteiger partial charge on any atom is 0.410 e. The summed E-state index contributed by atoms with van der Waals surface area (Å²) in [6, 6.07) is 10.4. The van der Waals surface area contributed by atoms with E-state index >= 15 is 0 Å². The van der Waals surface area contributed by atoms with Crippen molar-refractivity contribution in [2.75, 3.05) is 26.2 Å².